The van der Waals surface area contributed by atoms with Gasteiger partial charge in [-0.3, -0.25) is 14.4 Å². The van der Waals surface area contributed by atoms with Crippen molar-refractivity contribution in [2.45, 2.75) is 37.2 Å². The van der Waals surface area contributed by atoms with Gasteiger partial charge in [-0.2, -0.15) is 25.3 Å². The van der Waals surface area contributed by atoms with E-state index in [0.717, 1.165) is 0 Å². The van der Waals surface area contributed by atoms with Crippen LogP contribution in [-0.2, 0) is 19.2 Å². The second-order valence-corrected chi connectivity index (χ2v) is 6.07. The number of carboxylic acid groups (broad SMARTS) is 1. The lowest BCUT2D eigenvalue weighted by atomic mass is 10.1. The Balaban J connectivity index is 5.04. The molecule has 0 heterocycles. The predicted molar refractivity (Wildman–Crippen MR) is 97.9 cm³/mol. The Morgan fingerprint density at radius 3 is 1.85 bits per heavy atom. The van der Waals surface area contributed by atoms with Crippen molar-refractivity contribution in [2.24, 2.45) is 5.73 Å². The van der Waals surface area contributed by atoms with Gasteiger partial charge in [-0.25, -0.2) is 4.79 Å². The second-order valence-electron chi connectivity index (χ2n) is 5.34. The lowest BCUT2D eigenvalue weighted by molar-refractivity contribution is -0.141. The summed E-state index contributed by atoms with van der Waals surface area (Å²) in [5.41, 5.74) is 5.32. The molecule has 0 spiro atoms. The Morgan fingerprint density at radius 2 is 1.46 bits per heavy atom. The number of hydrogen-bond donors (Lipinski definition) is 9. The quantitative estimate of drug-likeness (QED) is 0.154. The van der Waals surface area contributed by atoms with Crippen LogP contribution in [0.3, 0.4) is 0 Å². The lowest BCUT2D eigenvalue weighted by Crippen LogP contribution is -2.60. The zero-order chi connectivity index (χ0) is 20.4. The summed E-state index contributed by atoms with van der Waals surface area (Å²) in [6.45, 7) is 0.564. The molecule has 0 aromatic heterocycles. The predicted octanol–water partition coefficient (Wildman–Crippen LogP) is -3.91. The van der Waals surface area contributed by atoms with Crippen molar-refractivity contribution in [3.05, 3.63) is 0 Å². The highest BCUT2D eigenvalue weighted by Gasteiger charge is 2.31. The number of amides is 3. The third-order valence-corrected chi connectivity index (χ3v) is 3.94. The Morgan fingerprint density at radius 1 is 0.962 bits per heavy atom. The molecule has 0 rings (SSSR count). The van der Waals surface area contributed by atoms with Crippen LogP contribution < -0.4 is 21.7 Å². The summed E-state index contributed by atoms with van der Waals surface area (Å²) in [5, 5.41) is 34.0. The molecule has 0 radical (unpaired) electrons. The first-order valence-corrected chi connectivity index (χ1v) is 8.75. The molecule has 11 nitrogen and oxygen atoms in total. The lowest BCUT2D eigenvalue weighted by Gasteiger charge is -2.25. The SMILES string of the molecule is CC(O)C(NC(=O)C(N)CO)C(=O)NC(CS)C(=O)NC(CS)C(=O)O. The zero-order valence-corrected chi connectivity index (χ0v) is 15.7. The molecule has 0 aliphatic rings. The molecule has 26 heavy (non-hydrogen) atoms. The monoisotopic (exact) mass is 412 g/mol. The van der Waals surface area contributed by atoms with Crippen LogP contribution in [0.15, 0.2) is 0 Å². The first kappa shape index (κ1) is 24.5. The van der Waals surface area contributed by atoms with Crippen molar-refractivity contribution in [2.75, 3.05) is 18.1 Å². The molecular weight excluding hydrogens is 388 g/mol. The minimum atomic E-state index is -1.45. The summed E-state index contributed by atoms with van der Waals surface area (Å²) in [7, 11) is 0. The van der Waals surface area contributed by atoms with Gasteiger partial charge in [0.1, 0.15) is 24.2 Å². The van der Waals surface area contributed by atoms with Crippen LogP contribution in [0.4, 0.5) is 0 Å². The topological polar surface area (TPSA) is 191 Å². The minimum absolute atomic E-state index is 0.167. The normalized spacial score (nSPS) is 16.5. The van der Waals surface area contributed by atoms with Gasteiger partial charge < -0.3 is 37.0 Å². The Labute approximate surface area is 160 Å². The molecule has 3 amide bonds. The summed E-state index contributed by atoms with van der Waals surface area (Å²) in [6, 6.07) is -5.23. The van der Waals surface area contributed by atoms with E-state index >= 15 is 0 Å². The molecule has 0 saturated heterocycles. The number of hydrogen-bond acceptors (Lipinski definition) is 9. The van der Waals surface area contributed by atoms with Crippen molar-refractivity contribution in [1.82, 2.24) is 16.0 Å². The molecule has 150 valence electrons. The Hall–Kier alpha value is -1.54. The van der Waals surface area contributed by atoms with Crippen molar-refractivity contribution >= 4 is 48.9 Å². The fourth-order valence-corrected chi connectivity index (χ4v) is 2.17. The largest absolute Gasteiger partial charge is 0.480 e. The number of nitrogens with one attached hydrogen (secondary N) is 3. The maximum Gasteiger partial charge on any atom is 0.327 e. The van der Waals surface area contributed by atoms with E-state index < -0.39 is 60.6 Å². The fourth-order valence-electron chi connectivity index (χ4n) is 1.66. The molecule has 0 aromatic rings. The number of rotatable bonds is 11. The number of nitrogens with two attached hydrogens (primary N) is 1. The van der Waals surface area contributed by atoms with Gasteiger partial charge in [-0.05, 0) is 6.92 Å². The highest BCUT2D eigenvalue weighted by Crippen LogP contribution is 1.99. The van der Waals surface area contributed by atoms with Gasteiger partial charge in [-0.15, -0.1) is 0 Å². The molecule has 5 atom stereocenters. The number of aliphatic hydroxyl groups is 2. The van der Waals surface area contributed by atoms with Gasteiger partial charge in [-0.1, -0.05) is 0 Å². The maximum absolute atomic E-state index is 12.3. The second kappa shape index (κ2) is 12.0. The van der Waals surface area contributed by atoms with E-state index in [1.165, 1.54) is 6.92 Å². The molecule has 0 bridgehead atoms. The van der Waals surface area contributed by atoms with E-state index in [1.54, 1.807) is 0 Å². The number of thiol groups is 2. The molecule has 0 fully saturated rings. The Bertz CT molecular complexity index is 521. The van der Waals surface area contributed by atoms with Gasteiger partial charge in [0.15, 0.2) is 0 Å². The van der Waals surface area contributed by atoms with E-state index in [9.17, 15) is 24.3 Å². The number of aliphatic carboxylic acids is 1. The van der Waals surface area contributed by atoms with Crippen LogP contribution in [0.5, 0.6) is 0 Å². The van der Waals surface area contributed by atoms with Crippen molar-refractivity contribution < 1.29 is 34.5 Å². The average molecular weight is 412 g/mol. The van der Waals surface area contributed by atoms with Crippen molar-refractivity contribution in [3.63, 3.8) is 0 Å². The van der Waals surface area contributed by atoms with E-state index in [0.29, 0.717) is 0 Å². The smallest absolute Gasteiger partial charge is 0.327 e. The van der Waals surface area contributed by atoms with Crippen LogP contribution in [0.25, 0.3) is 0 Å². The van der Waals surface area contributed by atoms with E-state index in [2.05, 4.69) is 41.2 Å². The maximum atomic E-state index is 12.3. The summed E-state index contributed by atoms with van der Waals surface area (Å²) in [6.07, 6.45) is -1.34. The molecule has 0 aliphatic heterocycles. The summed E-state index contributed by atoms with van der Waals surface area (Å²) in [5.74, 6) is -4.25. The van der Waals surface area contributed by atoms with Crippen molar-refractivity contribution in [3.8, 4) is 0 Å². The molecule has 5 unspecified atom stereocenters. The molecule has 0 saturated carbocycles. The number of carbonyl (C=O) groups is 4. The van der Waals surface area contributed by atoms with Crippen LogP contribution in [0, 0.1) is 0 Å². The molecule has 0 aromatic carbocycles. The number of carbonyl (C=O) groups excluding carboxylic acids is 3. The summed E-state index contributed by atoms with van der Waals surface area (Å²) < 4.78 is 0. The molecular formula is C13H24N4O7S2. The van der Waals surface area contributed by atoms with Crippen LogP contribution in [0.1, 0.15) is 6.92 Å². The standard InChI is InChI=1S/C13H24N4O7S2/c1-5(19)9(17-10(20)6(14)2-18)12(22)15-7(3-25)11(21)16-8(4-26)13(23)24/h5-9,18-19,25-26H,2-4,14H2,1H3,(H,15,22)(H,16,21)(H,17,20)(H,23,24). The minimum Gasteiger partial charge on any atom is -0.480 e. The van der Waals surface area contributed by atoms with Crippen LogP contribution in [-0.4, -0.2) is 87.4 Å². The highest BCUT2D eigenvalue weighted by atomic mass is 32.1. The van der Waals surface area contributed by atoms with Crippen molar-refractivity contribution in [1.29, 1.82) is 0 Å². The molecule has 13 heteroatoms. The summed E-state index contributed by atoms with van der Waals surface area (Å²) >= 11 is 7.73. The van der Waals surface area contributed by atoms with Crippen LogP contribution >= 0.6 is 25.3 Å². The van der Waals surface area contributed by atoms with E-state index in [1.807, 2.05) is 0 Å². The van der Waals surface area contributed by atoms with E-state index in [4.69, 9.17) is 15.9 Å². The van der Waals surface area contributed by atoms with E-state index in [-0.39, 0.29) is 11.5 Å². The van der Waals surface area contributed by atoms with Gasteiger partial charge >= 0.3 is 5.97 Å². The Kier molecular flexibility index (Phi) is 11.2. The first-order chi connectivity index (χ1) is 12.1. The fraction of sp³-hybridized carbons (Fsp3) is 0.692. The first-order valence-electron chi connectivity index (χ1n) is 7.49. The third-order valence-electron chi connectivity index (χ3n) is 3.21. The average Bonchev–Trinajstić information content (AvgIpc) is 2.59. The van der Waals surface area contributed by atoms with Gasteiger partial charge in [0, 0.05) is 11.5 Å². The van der Waals surface area contributed by atoms with Gasteiger partial charge in [0.05, 0.1) is 12.7 Å². The number of carboxylic acids is 1. The summed E-state index contributed by atoms with van der Waals surface area (Å²) in [4.78, 5) is 47.0. The van der Waals surface area contributed by atoms with Gasteiger partial charge in [0.25, 0.3) is 0 Å². The van der Waals surface area contributed by atoms with Crippen LogP contribution in [0.2, 0.25) is 0 Å². The molecule has 0 aliphatic carbocycles. The van der Waals surface area contributed by atoms with Gasteiger partial charge in [0.2, 0.25) is 17.7 Å². The highest BCUT2D eigenvalue weighted by molar-refractivity contribution is 7.80. The third kappa shape index (κ3) is 7.78. The molecule has 8 N–H and O–H groups in total. The zero-order valence-electron chi connectivity index (χ0n) is 14.0. The number of aliphatic hydroxyl groups excluding tert-OH is 2.